The lowest BCUT2D eigenvalue weighted by Crippen LogP contribution is -2.36. The molecule has 0 aliphatic carbocycles. The molecule has 0 atom stereocenters. The Labute approximate surface area is 130 Å². The summed E-state index contributed by atoms with van der Waals surface area (Å²) in [7, 11) is 3.89. The van der Waals surface area contributed by atoms with E-state index in [1.165, 1.54) is 0 Å². The van der Waals surface area contributed by atoms with Gasteiger partial charge in [0, 0.05) is 13.6 Å². The molecule has 0 radical (unpaired) electrons. The first kappa shape index (κ1) is 15.7. The lowest BCUT2D eigenvalue weighted by atomic mass is 10.3. The van der Waals surface area contributed by atoms with Gasteiger partial charge in [0.25, 0.3) is 0 Å². The number of nitrogens with one attached hydrogen (secondary N) is 1. The third kappa shape index (κ3) is 3.51. The Kier molecular flexibility index (Phi) is 5.14. The standard InChI is InChI=1S/C15H22N4OS/c1-4-9-16-14(20)10-17(2)11-19-13-8-6-5-7-12(13)18(3)15(19)21/h5-8H,4,9-11H2,1-3H3,(H,16,20). The zero-order chi connectivity index (χ0) is 15.4. The van der Waals surface area contributed by atoms with E-state index in [4.69, 9.17) is 12.2 Å². The average molecular weight is 306 g/mol. The molecule has 0 fully saturated rings. The topological polar surface area (TPSA) is 42.2 Å². The molecule has 1 N–H and O–H groups in total. The number of carbonyl (C=O) groups excluding carboxylic acids is 1. The summed E-state index contributed by atoms with van der Waals surface area (Å²) in [6.07, 6.45) is 0.948. The molecule has 114 valence electrons. The largest absolute Gasteiger partial charge is 0.355 e. The number of hydrogen-bond donors (Lipinski definition) is 1. The van der Waals surface area contributed by atoms with Crippen molar-refractivity contribution >= 4 is 29.2 Å². The maximum atomic E-state index is 11.8. The number of hydrogen-bond acceptors (Lipinski definition) is 3. The molecule has 6 heteroatoms. The molecule has 0 spiro atoms. The maximum Gasteiger partial charge on any atom is 0.234 e. The molecule has 1 aromatic carbocycles. The highest BCUT2D eigenvalue weighted by Gasteiger charge is 2.11. The molecule has 0 aliphatic heterocycles. The number of fused-ring (bicyclic) bond motifs is 1. The zero-order valence-corrected chi connectivity index (χ0v) is 13.6. The highest BCUT2D eigenvalue weighted by atomic mass is 32.1. The summed E-state index contributed by atoms with van der Waals surface area (Å²) in [5.74, 6) is 0.0473. The van der Waals surface area contributed by atoms with Crippen LogP contribution in [0.25, 0.3) is 11.0 Å². The summed E-state index contributed by atoms with van der Waals surface area (Å²) >= 11 is 5.49. The summed E-state index contributed by atoms with van der Waals surface area (Å²) in [5, 5.41) is 2.88. The average Bonchev–Trinajstić information content (AvgIpc) is 2.71. The van der Waals surface area contributed by atoms with E-state index >= 15 is 0 Å². The van der Waals surface area contributed by atoms with Crippen LogP contribution in [0.2, 0.25) is 0 Å². The Bertz CT molecular complexity index is 689. The number of imidazole rings is 1. The Morgan fingerprint density at radius 3 is 2.67 bits per heavy atom. The second kappa shape index (κ2) is 6.87. The highest BCUT2D eigenvalue weighted by Crippen LogP contribution is 2.16. The number of aryl methyl sites for hydroxylation is 1. The van der Waals surface area contributed by atoms with Crippen molar-refractivity contribution in [3.05, 3.63) is 29.0 Å². The molecule has 1 heterocycles. The van der Waals surface area contributed by atoms with Crippen LogP contribution in [0.5, 0.6) is 0 Å². The molecule has 1 aromatic heterocycles. The molecule has 5 nitrogen and oxygen atoms in total. The molecule has 2 rings (SSSR count). The number of likely N-dealkylation sites (N-methyl/N-ethyl adjacent to an activating group) is 1. The third-order valence-electron chi connectivity index (χ3n) is 3.42. The number of carbonyl (C=O) groups is 1. The van der Waals surface area contributed by atoms with Gasteiger partial charge in [-0.3, -0.25) is 9.69 Å². The predicted octanol–water partition coefficient (Wildman–Crippen LogP) is 2.12. The number of benzene rings is 1. The van der Waals surface area contributed by atoms with Gasteiger partial charge in [0.15, 0.2) is 4.77 Å². The summed E-state index contributed by atoms with van der Waals surface area (Å²) < 4.78 is 4.81. The van der Waals surface area contributed by atoms with Crippen LogP contribution in [-0.2, 0) is 18.5 Å². The molecule has 0 saturated carbocycles. The van der Waals surface area contributed by atoms with Gasteiger partial charge in [-0.2, -0.15) is 0 Å². The van der Waals surface area contributed by atoms with Crippen LogP contribution in [0.4, 0.5) is 0 Å². The van der Waals surface area contributed by atoms with Gasteiger partial charge >= 0.3 is 0 Å². The zero-order valence-electron chi connectivity index (χ0n) is 12.8. The minimum atomic E-state index is 0.0473. The molecule has 0 saturated heterocycles. The Morgan fingerprint density at radius 1 is 1.33 bits per heavy atom. The van der Waals surface area contributed by atoms with Crippen molar-refractivity contribution in [2.75, 3.05) is 20.1 Å². The van der Waals surface area contributed by atoms with Crippen molar-refractivity contribution in [3.8, 4) is 0 Å². The first-order valence-corrected chi connectivity index (χ1v) is 7.55. The van der Waals surface area contributed by atoms with E-state index in [-0.39, 0.29) is 5.91 Å². The molecule has 21 heavy (non-hydrogen) atoms. The van der Waals surface area contributed by atoms with E-state index in [1.54, 1.807) is 0 Å². The SMILES string of the molecule is CCCNC(=O)CN(C)Cn1c(=S)n(C)c2ccccc21. The van der Waals surface area contributed by atoms with Gasteiger partial charge in [-0.15, -0.1) is 0 Å². The fourth-order valence-electron chi connectivity index (χ4n) is 2.36. The molecule has 0 aliphatic rings. The van der Waals surface area contributed by atoms with E-state index in [2.05, 4.69) is 22.0 Å². The predicted molar refractivity (Wildman–Crippen MR) is 87.7 cm³/mol. The normalized spacial score (nSPS) is 11.2. The fraction of sp³-hybridized carbons (Fsp3) is 0.467. The van der Waals surface area contributed by atoms with Gasteiger partial charge in [0.1, 0.15) is 0 Å². The Hall–Kier alpha value is -1.66. The first-order chi connectivity index (χ1) is 10.0. The van der Waals surface area contributed by atoms with Gasteiger partial charge in [-0.25, -0.2) is 0 Å². The highest BCUT2D eigenvalue weighted by molar-refractivity contribution is 7.71. The van der Waals surface area contributed by atoms with Crippen LogP contribution >= 0.6 is 12.2 Å². The molecule has 2 aromatic rings. The Morgan fingerprint density at radius 2 is 2.00 bits per heavy atom. The maximum absolute atomic E-state index is 11.8. The van der Waals surface area contributed by atoms with Gasteiger partial charge in [-0.1, -0.05) is 19.1 Å². The number of nitrogens with zero attached hydrogens (tertiary/aromatic N) is 3. The van der Waals surface area contributed by atoms with E-state index < -0.39 is 0 Å². The van der Waals surface area contributed by atoms with E-state index in [9.17, 15) is 4.79 Å². The van der Waals surface area contributed by atoms with Crippen molar-refractivity contribution < 1.29 is 4.79 Å². The monoisotopic (exact) mass is 306 g/mol. The van der Waals surface area contributed by atoms with E-state index in [1.807, 2.05) is 42.6 Å². The van der Waals surface area contributed by atoms with Crippen LogP contribution in [0.1, 0.15) is 13.3 Å². The third-order valence-corrected chi connectivity index (χ3v) is 3.91. The second-order valence-corrected chi connectivity index (χ2v) is 5.63. The van der Waals surface area contributed by atoms with E-state index in [0.29, 0.717) is 13.2 Å². The van der Waals surface area contributed by atoms with Crippen molar-refractivity contribution in [1.82, 2.24) is 19.4 Å². The van der Waals surface area contributed by atoms with E-state index in [0.717, 1.165) is 28.8 Å². The van der Waals surface area contributed by atoms with Crippen molar-refractivity contribution in [2.45, 2.75) is 20.0 Å². The first-order valence-electron chi connectivity index (χ1n) is 7.14. The van der Waals surface area contributed by atoms with Gasteiger partial charge in [0.05, 0.1) is 24.2 Å². The molecule has 0 unspecified atom stereocenters. The van der Waals surface area contributed by atoms with Crippen LogP contribution in [0.15, 0.2) is 24.3 Å². The molecular formula is C15H22N4OS. The lowest BCUT2D eigenvalue weighted by Gasteiger charge is -2.17. The molecule has 1 amide bonds. The summed E-state index contributed by atoms with van der Waals surface area (Å²) in [5.41, 5.74) is 2.19. The minimum Gasteiger partial charge on any atom is -0.355 e. The summed E-state index contributed by atoms with van der Waals surface area (Å²) in [6.45, 7) is 3.73. The number of amides is 1. The lowest BCUT2D eigenvalue weighted by molar-refractivity contribution is -0.122. The number of aromatic nitrogens is 2. The van der Waals surface area contributed by atoms with Crippen LogP contribution in [0, 0.1) is 4.77 Å². The quantitative estimate of drug-likeness (QED) is 0.831. The van der Waals surface area contributed by atoms with Crippen molar-refractivity contribution in [1.29, 1.82) is 0 Å². The number of para-hydroxylation sites is 2. The van der Waals surface area contributed by atoms with Crippen molar-refractivity contribution in [2.24, 2.45) is 7.05 Å². The number of rotatable bonds is 6. The Balaban J connectivity index is 2.15. The van der Waals surface area contributed by atoms with Gasteiger partial charge in [0.2, 0.25) is 5.91 Å². The van der Waals surface area contributed by atoms with Gasteiger partial charge < -0.3 is 14.5 Å². The van der Waals surface area contributed by atoms with Crippen LogP contribution in [-0.4, -0.2) is 40.1 Å². The van der Waals surface area contributed by atoms with Crippen LogP contribution < -0.4 is 5.32 Å². The van der Waals surface area contributed by atoms with Crippen LogP contribution in [0.3, 0.4) is 0 Å². The molecule has 0 bridgehead atoms. The molecular weight excluding hydrogens is 284 g/mol. The second-order valence-electron chi connectivity index (χ2n) is 5.26. The summed E-state index contributed by atoms with van der Waals surface area (Å²) in [4.78, 5) is 13.7. The van der Waals surface area contributed by atoms with Gasteiger partial charge in [-0.05, 0) is 37.8 Å². The summed E-state index contributed by atoms with van der Waals surface area (Å²) in [6, 6.07) is 8.11. The minimum absolute atomic E-state index is 0.0473. The van der Waals surface area contributed by atoms with Crippen molar-refractivity contribution in [3.63, 3.8) is 0 Å². The smallest absolute Gasteiger partial charge is 0.234 e. The fourth-order valence-corrected chi connectivity index (χ4v) is 2.61.